The molecule has 1 fully saturated rings. The maximum atomic E-state index is 14.2. The highest BCUT2D eigenvalue weighted by molar-refractivity contribution is 5.52. The minimum Gasteiger partial charge on any atom is -0.389 e. The number of ether oxygens (including phenoxy) is 1. The molecule has 0 amide bonds. The average molecular weight is 412 g/mol. The molecule has 0 saturated carbocycles. The molecule has 3 aromatic carbocycles. The van der Waals surface area contributed by atoms with Crippen molar-refractivity contribution in [3.05, 3.63) is 108 Å². The van der Waals surface area contributed by atoms with Crippen LogP contribution in [0.25, 0.3) is 0 Å². The van der Waals surface area contributed by atoms with Gasteiger partial charge in [-0.2, -0.15) is 8.78 Å². The Morgan fingerprint density at radius 2 is 1.10 bits per heavy atom. The number of benzene rings is 3. The van der Waals surface area contributed by atoms with E-state index in [9.17, 15) is 24.1 Å². The fraction of sp³-hybridized carbons (Fsp3) is 0.250. The quantitative estimate of drug-likeness (QED) is 0.564. The topological polar surface area (TPSA) is 69.9 Å². The summed E-state index contributed by atoms with van der Waals surface area (Å²) in [6, 6.07) is 26.9. The molecule has 4 atom stereocenters. The van der Waals surface area contributed by atoms with Crippen molar-refractivity contribution >= 4 is 0 Å². The van der Waals surface area contributed by atoms with E-state index in [2.05, 4.69) is 0 Å². The lowest BCUT2D eigenvalue weighted by Crippen LogP contribution is -2.53. The summed E-state index contributed by atoms with van der Waals surface area (Å²) in [7, 11) is 0. The Hall–Kier alpha value is -2.64. The summed E-state index contributed by atoms with van der Waals surface area (Å²) >= 11 is 0. The van der Waals surface area contributed by atoms with Gasteiger partial charge < -0.3 is 20.1 Å². The molecule has 0 aliphatic carbocycles. The molecule has 1 aliphatic rings. The number of aliphatic hydroxyl groups is 3. The normalized spacial score (nSPS) is 24.5. The number of rotatable bonds is 5. The number of aliphatic hydroxyl groups excluding tert-OH is 3. The molecule has 0 spiro atoms. The average Bonchev–Trinajstić information content (AvgIpc) is 2.99. The van der Waals surface area contributed by atoms with E-state index in [0.29, 0.717) is 16.7 Å². The maximum absolute atomic E-state index is 14.2. The zero-order valence-electron chi connectivity index (χ0n) is 16.0. The molecule has 1 heterocycles. The summed E-state index contributed by atoms with van der Waals surface area (Å²) < 4.78 is 33.4. The van der Waals surface area contributed by atoms with Crippen LogP contribution in [-0.4, -0.2) is 45.8 Å². The first-order valence-electron chi connectivity index (χ1n) is 9.64. The van der Waals surface area contributed by atoms with Gasteiger partial charge in [-0.1, -0.05) is 91.0 Å². The van der Waals surface area contributed by atoms with E-state index in [1.54, 1.807) is 72.8 Å². The largest absolute Gasteiger partial charge is 0.389 e. The second-order valence-corrected chi connectivity index (χ2v) is 7.42. The highest BCUT2D eigenvalue weighted by atomic mass is 19.3. The van der Waals surface area contributed by atoms with Crippen molar-refractivity contribution in [1.82, 2.24) is 0 Å². The number of alkyl halides is 2. The molecule has 156 valence electrons. The van der Waals surface area contributed by atoms with E-state index in [-0.39, 0.29) is 0 Å². The minimum atomic E-state index is -3.90. The predicted octanol–water partition coefficient (Wildman–Crippen LogP) is 3.10. The van der Waals surface area contributed by atoms with Crippen LogP contribution in [0, 0.1) is 0 Å². The van der Waals surface area contributed by atoms with E-state index in [1.807, 2.05) is 18.2 Å². The fourth-order valence-electron chi connectivity index (χ4n) is 4.29. The lowest BCUT2D eigenvalue weighted by molar-refractivity contribution is -0.201. The molecule has 0 bridgehead atoms. The molecule has 6 heteroatoms. The molecule has 4 rings (SSSR count). The van der Waals surface area contributed by atoms with E-state index in [0.717, 1.165) is 0 Å². The standard InChI is InChI=1S/C24H22F2O4/c25-24(26)21(28)19(30-22(24)29)20(27)23(16-10-4-1-5-11-16,17-12-6-2-7-13-17)18-14-8-3-9-15-18/h1-15,19-22,27-29H/t19-,20?,21-,22+/m1/s1. The molecule has 3 N–H and O–H groups in total. The molecule has 0 radical (unpaired) electrons. The first-order chi connectivity index (χ1) is 14.4. The third kappa shape index (κ3) is 3.13. The maximum Gasteiger partial charge on any atom is 0.325 e. The monoisotopic (exact) mass is 412 g/mol. The molecular weight excluding hydrogens is 390 g/mol. The summed E-state index contributed by atoms with van der Waals surface area (Å²) in [5.74, 6) is -3.90. The van der Waals surface area contributed by atoms with Crippen LogP contribution in [0.1, 0.15) is 16.7 Å². The highest BCUT2D eigenvalue weighted by Crippen LogP contribution is 2.47. The van der Waals surface area contributed by atoms with Gasteiger partial charge in [-0.25, -0.2) is 0 Å². The molecule has 30 heavy (non-hydrogen) atoms. The van der Waals surface area contributed by atoms with Gasteiger partial charge in [-0.05, 0) is 16.7 Å². The van der Waals surface area contributed by atoms with Gasteiger partial charge in [0.25, 0.3) is 0 Å². The van der Waals surface area contributed by atoms with Gasteiger partial charge in [0, 0.05) is 0 Å². The molecular formula is C24H22F2O4. The SMILES string of the molecule is OC([C@H]1O[C@H](O)C(F)(F)[C@@H]1O)C(c1ccccc1)(c1ccccc1)c1ccccc1. The molecule has 3 aromatic rings. The first kappa shape index (κ1) is 20.6. The Morgan fingerprint density at radius 3 is 1.40 bits per heavy atom. The van der Waals surface area contributed by atoms with Crippen LogP contribution in [0.5, 0.6) is 0 Å². The van der Waals surface area contributed by atoms with Gasteiger partial charge in [-0.15, -0.1) is 0 Å². The van der Waals surface area contributed by atoms with E-state index in [4.69, 9.17) is 4.74 Å². The van der Waals surface area contributed by atoms with Gasteiger partial charge in [0.15, 0.2) is 6.10 Å². The second-order valence-electron chi connectivity index (χ2n) is 7.42. The molecule has 1 unspecified atom stereocenters. The minimum absolute atomic E-state index is 0.635. The first-order valence-corrected chi connectivity index (χ1v) is 9.64. The van der Waals surface area contributed by atoms with Crippen molar-refractivity contribution < 1.29 is 28.8 Å². The van der Waals surface area contributed by atoms with Gasteiger partial charge in [0.05, 0.1) is 5.41 Å². The van der Waals surface area contributed by atoms with Gasteiger partial charge in [-0.3, -0.25) is 0 Å². The van der Waals surface area contributed by atoms with Crippen LogP contribution in [0.3, 0.4) is 0 Å². The Morgan fingerprint density at radius 1 is 0.733 bits per heavy atom. The lowest BCUT2D eigenvalue weighted by atomic mass is 9.64. The van der Waals surface area contributed by atoms with Crippen molar-refractivity contribution in [1.29, 1.82) is 0 Å². The molecule has 4 nitrogen and oxygen atoms in total. The molecule has 1 aliphatic heterocycles. The van der Waals surface area contributed by atoms with Crippen LogP contribution in [0.4, 0.5) is 8.78 Å². The van der Waals surface area contributed by atoms with Crippen LogP contribution < -0.4 is 0 Å². The number of hydrogen-bond acceptors (Lipinski definition) is 4. The Bertz CT molecular complexity index is 870. The number of hydrogen-bond donors (Lipinski definition) is 3. The lowest BCUT2D eigenvalue weighted by Gasteiger charge is -2.42. The van der Waals surface area contributed by atoms with E-state index < -0.39 is 35.9 Å². The van der Waals surface area contributed by atoms with Crippen molar-refractivity contribution in [3.8, 4) is 0 Å². The Kier molecular flexibility index (Phi) is 5.42. The smallest absolute Gasteiger partial charge is 0.325 e. The molecule has 1 saturated heterocycles. The van der Waals surface area contributed by atoms with Crippen LogP contribution in [0.15, 0.2) is 91.0 Å². The van der Waals surface area contributed by atoms with Crippen molar-refractivity contribution in [2.45, 2.75) is 35.9 Å². The number of halogens is 2. The third-order valence-corrected chi connectivity index (χ3v) is 5.76. The van der Waals surface area contributed by atoms with Crippen molar-refractivity contribution in [2.75, 3.05) is 0 Å². The van der Waals surface area contributed by atoms with Crippen LogP contribution in [-0.2, 0) is 10.2 Å². The van der Waals surface area contributed by atoms with E-state index >= 15 is 0 Å². The van der Waals surface area contributed by atoms with Crippen molar-refractivity contribution in [2.24, 2.45) is 0 Å². The molecule has 0 aromatic heterocycles. The van der Waals surface area contributed by atoms with Gasteiger partial charge >= 0.3 is 5.92 Å². The zero-order valence-corrected chi connectivity index (χ0v) is 16.0. The van der Waals surface area contributed by atoms with Crippen LogP contribution >= 0.6 is 0 Å². The summed E-state index contributed by atoms with van der Waals surface area (Å²) in [5.41, 5.74) is 0.566. The highest BCUT2D eigenvalue weighted by Gasteiger charge is 2.63. The van der Waals surface area contributed by atoms with Gasteiger partial charge in [0.2, 0.25) is 6.29 Å². The van der Waals surface area contributed by atoms with E-state index in [1.165, 1.54) is 0 Å². The third-order valence-electron chi connectivity index (χ3n) is 5.76. The zero-order chi connectivity index (χ0) is 21.4. The summed E-state index contributed by atoms with van der Waals surface area (Å²) in [6.07, 6.45) is -8.25. The van der Waals surface area contributed by atoms with Crippen molar-refractivity contribution in [3.63, 3.8) is 0 Å². The van der Waals surface area contributed by atoms with Crippen LogP contribution in [0.2, 0.25) is 0 Å². The summed E-state index contributed by atoms with van der Waals surface area (Å²) in [6.45, 7) is 0. The Balaban J connectivity index is 1.98. The fourth-order valence-corrected chi connectivity index (χ4v) is 4.29. The summed E-state index contributed by atoms with van der Waals surface area (Å²) in [5, 5.41) is 31.6. The second kappa shape index (κ2) is 7.89. The Labute approximate surface area is 173 Å². The predicted molar refractivity (Wildman–Crippen MR) is 107 cm³/mol. The van der Waals surface area contributed by atoms with Gasteiger partial charge in [0.1, 0.15) is 12.2 Å². The summed E-state index contributed by atoms with van der Waals surface area (Å²) in [4.78, 5) is 0.